The van der Waals surface area contributed by atoms with Crippen LogP contribution in [0.2, 0.25) is 0 Å². The monoisotopic (exact) mass is 324 g/mol. The molecule has 2 atom stereocenters. The lowest BCUT2D eigenvalue weighted by Gasteiger charge is -2.33. The van der Waals surface area contributed by atoms with Crippen LogP contribution < -0.4 is 10.6 Å². The Kier molecular flexibility index (Phi) is 5.95. The van der Waals surface area contributed by atoms with E-state index in [0.717, 1.165) is 37.7 Å². The van der Waals surface area contributed by atoms with Crippen molar-refractivity contribution in [3.8, 4) is 12.1 Å². The number of amides is 1. The van der Waals surface area contributed by atoms with Gasteiger partial charge in [0, 0.05) is 6.04 Å². The van der Waals surface area contributed by atoms with Crippen LogP contribution in [0.5, 0.6) is 0 Å². The van der Waals surface area contributed by atoms with E-state index in [9.17, 15) is 10.1 Å². The molecule has 0 aromatic heterocycles. The lowest BCUT2D eigenvalue weighted by Crippen LogP contribution is -2.54. The maximum Gasteiger partial charge on any atom is 0.238 e. The number of hydrogen-bond donors (Lipinski definition) is 2. The number of nitriles is 2. The Morgan fingerprint density at radius 3 is 2.29 bits per heavy atom. The molecule has 0 bridgehead atoms. The lowest BCUT2D eigenvalue weighted by atomic mass is 9.82. The van der Waals surface area contributed by atoms with Crippen LogP contribution in [-0.2, 0) is 4.79 Å². The van der Waals surface area contributed by atoms with Gasteiger partial charge in [0.25, 0.3) is 0 Å². The minimum absolute atomic E-state index is 0.0251. The maximum atomic E-state index is 12.5. The highest BCUT2D eigenvalue weighted by molar-refractivity contribution is 5.82. The van der Waals surface area contributed by atoms with Gasteiger partial charge in [0.1, 0.15) is 5.54 Å². The molecule has 1 aliphatic carbocycles. The van der Waals surface area contributed by atoms with Crippen LogP contribution in [0.15, 0.2) is 24.3 Å². The molecule has 0 radical (unpaired) electrons. The highest BCUT2D eigenvalue weighted by Crippen LogP contribution is 2.27. The van der Waals surface area contributed by atoms with Crippen molar-refractivity contribution in [2.75, 3.05) is 0 Å². The third-order valence-electron chi connectivity index (χ3n) is 4.72. The molecule has 1 aromatic rings. The summed E-state index contributed by atoms with van der Waals surface area (Å²) >= 11 is 0. The molecule has 126 valence electrons. The molecule has 1 aromatic carbocycles. The van der Waals surface area contributed by atoms with Crippen LogP contribution in [-0.4, -0.2) is 17.5 Å². The number of carbonyl (C=O) groups is 1. The van der Waals surface area contributed by atoms with Crippen LogP contribution >= 0.6 is 0 Å². The zero-order valence-corrected chi connectivity index (χ0v) is 14.3. The first kappa shape index (κ1) is 18.0. The van der Waals surface area contributed by atoms with E-state index in [4.69, 9.17) is 5.26 Å². The number of hydrogen-bond acceptors (Lipinski definition) is 4. The fourth-order valence-electron chi connectivity index (χ4n) is 3.16. The van der Waals surface area contributed by atoms with Gasteiger partial charge < -0.3 is 5.32 Å². The van der Waals surface area contributed by atoms with E-state index in [1.165, 1.54) is 0 Å². The van der Waals surface area contributed by atoms with E-state index in [1.807, 2.05) is 26.0 Å². The topological polar surface area (TPSA) is 88.7 Å². The second-order valence-corrected chi connectivity index (χ2v) is 6.59. The fraction of sp³-hybridized carbons (Fsp3) is 0.526. The quantitative estimate of drug-likeness (QED) is 0.871. The van der Waals surface area contributed by atoms with Crippen molar-refractivity contribution in [3.63, 3.8) is 0 Å². The minimum atomic E-state index is -0.705. The van der Waals surface area contributed by atoms with Crippen molar-refractivity contribution in [1.82, 2.24) is 10.6 Å². The molecule has 1 fully saturated rings. The van der Waals surface area contributed by atoms with Crippen LogP contribution in [0.4, 0.5) is 0 Å². The zero-order valence-electron chi connectivity index (χ0n) is 14.3. The van der Waals surface area contributed by atoms with E-state index >= 15 is 0 Å². The van der Waals surface area contributed by atoms with E-state index < -0.39 is 11.6 Å². The smallest absolute Gasteiger partial charge is 0.238 e. The summed E-state index contributed by atoms with van der Waals surface area (Å²) in [6.45, 7) is 3.79. The van der Waals surface area contributed by atoms with Crippen molar-refractivity contribution in [1.29, 1.82) is 10.5 Å². The van der Waals surface area contributed by atoms with E-state index in [2.05, 4.69) is 22.8 Å². The largest absolute Gasteiger partial charge is 0.336 e. The van der Waals surface area contributed by atoms with Gasteiger partial charge in [-0.25, -0.2) is 0 Å². The third kappa shape index (κ3) is 4.34. The van der Waals surface area contributed by atoms with Crippen molar-refractivity contribution in [3.05, 3.63) is 35.4 Å². The summed E-state index contributed by atoms with van der Waals surface area (Å²) in [4.78, 5) is 12.5. The zero-order chi connectivity index (χ0) is 17.6. The van der Waals surface area contributed by atoms with E-state index in [0.29, 0.717) is 5.56 Å². The SMILES string of the molecule is CC(NC(C)c1ccc(C#N)cc1)C(=O)NC1(C#N)CCCCC1. The fourth-order valence-corrected chi connectivity index (χ4v) is 3.16. The van der Waals surface area contributed by atoms with Crippen molar-refractivity contribution >= 4 is 5.91 Å². The predicted molar refractivity (Wildman–Crippen MR) is 91.7 cm³/mol. The van der Waals surface area contributed by atoms with Crippen LogP contribution in [0, 0.1) is 22.7 Å². The van der Waals surface area contributed by atoms with Crippen LogP contribution in [0.1, 0.15) is 63.1 Å². The minimum Gasteiger partial charge on any atom is -0.336 e. The summed E-state index contributed by atoms with van der Waals surface area (Å²) in [5, 5.41) is 24.5. The van der Waals surface area contributed by atoms with Gasteiger partial charge >= 0.3 is 0 Å². The Morgan fingerprint density at radius 1 is 1.12 bits per heavy atom. The number of rotatable bonds is 5. The standard InChI is InChI=1S/C19H24N4O/c1-14(17-8-6-16(12-20)7-9-17)22-15(2)18(24)23-19(13-21)10-4-3-5-11-19/h6-9,14-15,22H,3-5,10-11H2,1-2H3,(H,23,24). The summed E-state index contributed by atoms with van der Waals surface area (Å²) in [5.74, 6) is -0.140. The second-order valence-electron chi connectivity index (χ2n) is 6.59. The molecule has 5 nitrogen and oxygen atoms in total. The maximum absolute atomic E-state index is 12.5. The van der Waals surface area contributed by atoms with Gasteiger partial charge in [-0.05, 0) is 44.4 Å². The Hall–Kier alpha value is -2.37. The molecule has 2 rings (SSSR count). The molecule has 0 heterocycles. The lowest BCUT2D eigenvalue weighted by molar-refractivity contribution is -0.124. The summed E-state index contributed by atoms with van der Waals surface area (Å²) in [6.07, 6.45) is 4.55. The molecule has 1 aliphatic rings. The van der Waals surface area contributed by atoms with Crippen molar-refractivity contribution in [2.45, 2.75) is 63.6 Å². The first-order valence-corrected chi connectivity index (χ1v) is 8.49. The number of carbonyl (C=O) groups excluding carboxylic acids is 1. The normalized spacial score (nSPS) is 18.7. The van der Waals surface area contributed by atoms with Gasteiger partial charge in [0.05, 0.1) is 23.7 Å². The van der Waals surface area contributed by atoms with Crippen LogP contribution in [0.3, 0.4) is 0 Å². The molecule has 24 heavy (non-hydrogen) atoms. The van der Waals surface area contributed by atoms with Gasteiger partial charge in [-0.15, -0.1) is 0 Å². The average Bonchev–Trinajstić information content (AvgIpc) is 2.62. The Bertz CT molecular complexity index is 647. The molecule has 0 spiro atoms. The first-order valence-electron chi connectivity index (χ1n) is 8.49. The van der Waals surface area contributed by atoms with E-state index in [1.54, 1.807) is 12.1 Å². The van der Waals surface area contributed by atoms with Gasteiger partial charge in [0.15, 0.2) is 0 Å². The Balaban J connectivity index is 1.95. The summed E-state index contributed by atoms with van der Waals surface area (Å²) < 4.78 is 0. The molecular weight excluding hydrogens is 300 g/mol. The molecule has 1 amide bonds. The van der Waals surface area contributed by atoms with Gasteiger partial charge in [-0.2, -0.15) is 10.5 Å². The third-order valence-corrected chi connectivity index (χ3v) is 4.72. The summed E-state index contributed by atoms with van der Waals surface area (Å²) in [6, 6.07) is 11.3. The molecule has 0 aliphatic heterocycles. The van der Waals surface area contributed by atoms with Crippen molar-refractivity contribution in [2.24, 2.45) is 0 Å². The summed E-state index contributed by atoms with van der Waals surface area (Å²) in [7, 11) is 0. The number of nitrogens with zero attached hydrogens (tertiary/aromatic N) is 2. The summed E-state index contributed by atoms with van der Waals surface area (Å²) in [5.41, 5.74) is 0.925. The Labute approximate surface area is 143 Å². The Morgan fingerprint density at radius 2 is 1.75 bits per heavy atom. The molecule has 2 unspecified atom stereocenters. The molecule has 5 heteroatoms. The van der Waals surface area contributed by atoms with E-state index in [-0.39, 0.29) is 11.9 Å². The molecule has 0 saturated heterocycles. The van der Waals surface area contributed by atoms with Gasteiger partial charge in [-0.1, -0.05) is 31.4 Å². The number of benzene rings is 1. The number of nitrogens with one attached hydrogen (secondary N) is 2. The first-order chi connectivity index (χ1) is 11.5. The van der Waals surface area contributed by atoms with Gasteiger partial charge in [-0.3, -0.25) is 10.1 Å². The average molecular weight is 324 g/mol. The molecule has 2 N–H and O–H groups in total. The highest BCUT2D eigenvalue weighted by atomic mass is 16.2. The van der Waals surface area contributed by atoms with Crippen molar-refractivity contribution < 1.29 is 4.79 Å². The molecule has 1 saturated carbocycles. The molecular formula is C19H24N4O. The highest BCUT2D eigenvalue weighted by Gasteiger charge is 2.34. The van der Waals surface area contributed by atoms with Gasteiger partial charge in [0.2, 0.25) is 5.91 Å². The predicted octanol–water partition coefficient (Wildman–Crippen LogP) is 2.94. The second kappa shape index (κ2) is 7.95. The van der Waals surface area contributed by atoms with Crippen LogP contribution in [0.25, 0.3) is 0 Å².